The van der Waals surface area contributed by atoms with Gasteiger partial charge in [-0.1, -0.05) is 25.4 Å². The summed E-state index contributed by atoms with van der Waals surface area (Å²) in [4.78, 5) is 34.9. The average Bonchev–Trinajstić information content (AvgIpc) is 2.42. The highest BCUT2D eigenvalue weighted by molar-refractivity contribution is 6.31. The number of carboxylic acid groups (broad SMARTS) is 1. The van der Waals surface area contributed by atoms with E-state index in [1.165, 1.54) is 17.0 Å². The van der Waals surface area contributed by atoms with Crippen molar-refractivity contribution in [1.82, 2.24) is 4.90 Å². The Balaban J connectivity index is 3.12. The van der Waals surface area contributed by atoms with Crippen LogP contribution >= 0.6 is 11.6 Å². The van der Waals surface area contributed by atoms with Crippen LogP contribution in [0.15, 0.2) is 18.2 Å². The summed E-state index contributed by atoms with van der Waals surface area (Å²) in [7, 11) is 0. The lowest BCUT2D eigenvalue weighted by atomic mass is 10.1. The molecule has 120 valence electrons. The van der Waals surface area contributed by atoms with Crippen molar-refractivity contribution < 1.29 is 19.6 Å². The molecule has 0 spiro atoms. The van der Waals surface area contributed by atoms with Gasteiger partial charge in [0, 0.05) is 24.2 Å². The molecular weight excluding hydrogens is 312 g/mol. The number of aliphatic carboxylic acids is 1. The standard InChI is InChI=1S/C14H17ClN2O5/c1-9(2)8-16(6-5-13(18)19)14(20)11-4-3-10(15)7-12(11)17(21)22/h3-4,7,9H,5-6,8H2,1-2H3,(H,18,19). The van der Waals surface area contributed by atoms with Gasteiger partial charge in [-0.2, -0.15) is 0 Å². The lowest BCUT2D eigenvalue weighted by Gasteiger charge is -2.24. The van der Waals surface area contributed by atoms with E-state index in [0.717, 1.165) is 6.07 Å². The number of halogens is 1. The fourth-order valence-corrected chi connectivity index (χ4v) is 2.12. The Morgan fingerprint density at radius 2 is 2.05 bits per heavy atom. The molecule has 0 aromatic heterocycles. The van der Waals surface area contributed by atoms with Crippen molar-refractivity contribution in [2.45, 2.75) is 20.3 Å². The fourth-order valence-electron chi connectivity index (χ4n) is 1.95. The van der Waals surface area contributed by atoms with Crippen LogP contribution in [0.25, 0.3) is 0 Å². The second kappa shape index (κ2) is 7.74. The van der Waals surface area contributed by atoms with Crippen molar-refractivity contribution in [3.05, 3.63) is 38.9 Å². The van der Waals surface area contributed by atoms with E-state index in [9.17, 15) is 19.7 Å². The van der Waals surface area contributed by atoms with Gasteiger partial charge in [0.1, 0.15) is 5.56 Å². The third kappa shape index (κ3) is 5.00. The largest absolute Gasteiger partial charge is 0.481 e. The summed E-state index contributed by atoms with van der Waals surface area (Å²) in [6.45, 7) is 4.05. The zero-order chi connectivity index (χ0) is 16.9. The first-order chi connectivity index (χ1) is 10.2. The Hall–Kier alpha value is -2.15. The van der Waals surface area contributed by atoms with Gasteiger partial charge in [-0.3, -0.25) is 19.7 Å². The summed E-state index contributed by atoms with van der Waals surface area (Å²) in [6, 6.07) is 3.79. The predicted octanol–water partition coefficient (Wildman–Crippen LogP) is 2.82. The monoisotopic (exact) mass is 328 g/mol. The molecule has 1 aromatic rings. The highest BCUT2D eigenvalue weighted by Gasteiger charge is 2.25. The second-order valence-electron chi connectivity index (χ2n) is 5.21. The quantitative estimate of drug-likeness (QED) is 0.612. The van der Waals surface area contributed by atoms with Crippen LogP contribution in [0.5, 0.6) is 0 Å². The fraction of sp³-hybridized carbons (Fsp3) is 0.429. The Labute approximate surface area is 132 Å². The topological polar surface area (TPSA) is 101 Å². The summed E-state index contributed by atoms with van der Waals surface area (Å²) in [5.41, 5.74) is -0.484. The minimum absolute atomic E-state index is 0.00781. The Kier molecular flexibility index (Phi) is 6.30. The van der Waals surface area contributed by atoms with E-state index in [1.54, 1.807) is 0 Å². The van der Waals surface area contributed by atoms with Crippen LogP contribution in [-0.4, -0.2) is 39.9 Å². The van der Waals surface area contributed by atoms with E-state index in [2.05, 4.69) is 0 Å². The van der Waals surface area contributed by atoms with Crippen LogP contribution in [0, 0.1) is 16.0 Å². The van der Waals surface area contributed by atoms with Gasteiger partial charge in [0.2, 0.25) is 0 Å². The lowest BCUT2D eigenvalue weighted by Crippen LogP contribution is -2.36. The van der Waals surface area contributed by atoms with E-state index in [0.29, 0.717) is 6.54 Å². The number of nitro groups is 1. The predicted molar refractivity (Wildman–Crippen MR) is 81.1 cm³/mol. The number of carbonyl (C=O) groups is 2. The molecule has 8 heteroatoms. The lowest BCUT2D eigenvalue weighted by molar-refractivity contribution is -0.385. The van der Waals surface area contributed by atoms with Crippen LogP contribution in [0.2, 0.25) is 5.02 Å². The normalized spacial score (nSPS) is 10.5. The molecule has 0 saturated carbocycles. The Morgan fingerprint density at radius 3 is 2.55 bits per heavy atom. The molecule has 22 heavy (non-hydrogen) atoms. The minimum Gasteiger partial charge on any atom is -0.481 e. The number of carboxylic acids is 1. The van der Waals surface area contributed by atoms with Crippen LogP contribution < -0.4 is 0 Å². The first kappa shape index (κ1) is 17.9. The van der Waals surface area contributed by atoms with E-state index >= 15 is 0 Å². The molecule has 1 aromatic carbocycles. The Morgan fingerprint density at radius 1 is 1.41 bits per heavy atom. The molecule has 1 rings (SSSR count). The molecule has 0 radical (unpaired) electrons. The maximum Gasteiger partial charge on any atom is 0.305 e. The number of amides is 1. The molecule has 0 fully saturated rings. The third-order valence-electron chi connectivity index (χ3n) is 2.86. The highest BCUT2D eigenvalue weighted by Crippen LogP contribution is 2.25. The van der Waals surface area contributed by atoms with Gasteiger partial charge in [-0.05, 0) is 18.1 Å². The number of rotatable bonds is 7. The number of nitrogens with zero attached hydrogens (tertiary/aromatic N) is 2. The van der Waals surface area contributed by atoms with Crippen LogP contribution in [0.4, 0.5) is 5.69 Å². The zero-order valence-electron chi connectivity index (χ0n) is 12.3. The van der Waals surface area contributed by atoms with E-state index in [4.69, 9.17) is 16.7 Å². The SMILES string of the molecule is CC(C)CN(CCC(=O)O)C(=O)c1ccc(Cl)cc1[N+](=O)[O-]. The molecular formula is C14H17ClN2O5. The highest BCUT2D eigenvalue weighted by atomic mass is 35.5. The number of benzene rings is 1. The average molecular weight is 329 g/mol. The van der Waals surface area contributed by atoms with Crippen molar-refractivity contribution >= 4 is 29.2 Å². The van der Waals surface area contributed by atoms with Gasteiger partial charge in [0.05, 0.1) is 11.3 Å². The van der Waals surface area contributed by atoms with E-state index in [-0.39, 0.29) is 35.2 Å². The van der Waals surface area contributed by atoms with Crippen molar-refractivity contribution in [2.75, 3.05) is 13.1 Å². The first-order valence-corrected chi connectivity index (χ1v) is 7.05. The van der Waals surface area contributed by atoms with Gasteiger partial charge >= 0.3 is 5.97 Å². The molecule has 0 heterocycles. The second-order valence-corrected chi connectivity index (χ2v) is 5.64. The summed E-state index contributed by atoms with van der Waals surface area (Å²) in [5, 5.41) is 20.0. The molecule has 0 atom stereocenters. The number of hydrogen-bond acceptors (Lipinski definition) is 4. The summed E-state index contributed by atoms with van der Waals surface area (Å²) >= 11 is 5.73. The molecule has 0 bridgehead atoms. The summed E-state index contributed by atoms with van der Waals surface area (Å²) in [6.07, 6.45) is -0.222. The zero-order valence-corrected chi connectivity index (χ0v) is 13.0. The third-order valence-corrected chi connectivity index (χ3v) is 3.09. The van der Waals surface area contributed by atoms with Crippen molar-refractivity contribution in [3.63, 3.8) is 0 Å². The van der Waals surface area contributed by atoms with Gasteiger partial charge in [0.15, 0.2) is 0 Å². The first-order valence-electron chi connectivity index (χ1n) is 6.67. The van der Waals surface area contributed by atoms with Gasteiger partial charge in [0.25, 0.3) is 11.6 Å². The molecule has 7 nitrogen and oxygen atoms in total. The van der Waals surface area contributed by atoms with Crippen molar-refractivity contribution in [3.8, 4) is 0 Å². The molecule has 0 unspecified atom stereocenters. The van der Waals surface area contributed by atoms with Crippen LogP contribution in [0.1, 0.15) is 30.6 Å². The summed E-state index contributed by atoms with van der Waals surface area (Å²) in [5.74, 6) is -1.51. The van der Waals surface area contributed by atoms with Gasteiger partial charge < -0.3 is 10.0 Å². The number of hydrogen-bond donors (Lipinski definition) is 1. The molecule has 0 aliphatic heterocycles. The van der Waals surface area contributed by atoms with Crippen LogP contribution in [0.3, 0.4) is 0 Å². The van der Waals surface area contributed by atoms with Crippen LogP contribution in [-0.2, 0) is 4.79 Å². The number of nitro benzene ring substituents is 1. The Bertz CT molecular complexity index is 589. The van der Waals surface area contributed by atoms with Crippen molar-refractivity contribution in [2.24, 2.45) is 5.92 Å². The van der Waals surface area contributed by atoms with Crippen molar-refractivity contribution in [1.29, 1.82) is 0 Å². The minimum atomic E-state index is -1.04. The molecule has 0 saturated heterocycles. The maximum atomic E-state index is 12.5. The molecule has 1 N–H and O–H groups in total. The van der Waals surface area contributed by atoms with E-state index < -0.39 is 16.8 Å². The van der Waals surface area contributed by atoms with Gasteiger partial charge in [-0.25, -0.2) is 0 Å². The molecule has 0 aliphatic rings. The van der Waals surface area contributed by atoms with E-state index in [1.807, 2.05) is 13.8 Å². The molecule has 1 amide bonds. The maximum absolute atomic E-state index is 12.5. The number of carbonyl (C=O) groups excluding carboxylic acids is 1. The van der Waals surface area contributed by atoms with Gasteiger partial charge in [-0.15, -0.1) is 0 Å². The smallest absolute Gasteiger partial charge is 0.305 e. The summed E-state index contributed by atoms with van der Waals surface area (Å²) < 4.78 is 0. The molecule has 0 aliphatic carbocycles.